The number of esters is 1. The summed E-state index contributed by atoms with van der Waals surface area (Å²) >= 11 is 1.59. The first-order valence-corrected chi connectivity index (χ1v) is 6.15. The van der Waals surface area contributed by atoms with E-state index >= 15 is 0 Å². The van der Waals surface area contributed by atoms with Crippen LogP contribution in [0.15, 0.2) is 12.2 Å². The van der Waals surface area contributed by atoms with Gasteiger partial charge in [0, 0.05) is 18.4 Å². The van der Waals surface area contributed by atoms with Crippen LogP contribution < -0.4 is 0 Å². The van der Waals surface area contributed by atoms with E-state index in [4.69, 9.17) is 14.2 Å². The lowest BCUT2D eigenvalue weighted by molar-refractivity contribution is -0.168. The van der Waals surface area contributed by atoms with Gasteiger partial charge in [-0.3, -0.25) is 0 Å². The summed E-state index contributed by atoms with van der Waals surface area (Å²) in [6.45, 7) is 7.99. The molecular formula is C11H18O4S. The van der Waals surface area contributed by atoms with Crippen LogP contribution in [0.5, 0.6) is 0 Å². The SMILES string of the molecule is C=C(C)C(=O)OC1(C)COCCSC1OC. The molecule has 0 radical (unpaired) electrons. The van der Waals surface area contributed by atoms with Crippen molar-refractivity contribution in [2.45, 2.75) is 24.9 Å². The summed E-state index contributed by atoms with van der Waals surface area (Å²) in [5, 5.41) is 0. The number of rotatable bonds is 3. The van der Waals surface area contributed by atoms with Crippen LogP contribution in [0.3, 0.4) is 0 Å². The Labute approximate surface area is 100 Å². The molecule has 0 aliphatic carbocycles. The lowest BCUT2D eigenvalue weighted by Gasteiger charge is -2.33. The molecule has 0 aromatic heterocycles. The Hall–Kier alpha value is -0.520. The molecule has 0 bridgehead atoms. The highest BCUT2D eigenvalue weighted by Gasteiger charge is 2.40. The number of carbonyl (C=O) groups excluding carboxylic acids is 1. The fourth-order valence-electron chi connectivity index (χ4n) is 1.43. The van der Waals surface area contributed by atoms with E-state index in [-0.39, 0.29) is 5.44 Å². The van der Waals surface area contributed by atoms with Crippen molar-refractivity contribution in [2.24, 2.45) is 0 Å². The molecule has 1 saturated heterocycles. The first-order valence-electron chi connectivity index (χ1n) is 5.10. The molecule has 1 rings (SSSR count). The maximum atomic E-state index is 11.5. The number of carbonyl (C=O) groups is 1. The molecule has 5 heteroatoms. The van der Waals surface area contributed by atoms with Crippen LogP contribution in [-0.2, 0) is 19.0 Å². The van der Waals surface area contributed by atoms with E-state index in [0.717, 1.165) is 5.75 Å². The second-order valence-corrected chi connectivity index (χ2v) is 5.14. The molecule has 1 aliphatic rings. The summed E-state index contributed by atoms with van der Waals surface area (Å²) in [5.41, 5.74) is -0.588. The van der Waals surface area contributed by atoms with Gasteiger partial charge in [0.15, 0.2) is 5.60 Å². The van der Waals surface area contributed by atoms with E-state index in [1.807, 2.05) is 6.92 Å². The topological polar surface area (TPSA) is 44.8 Å². The maximum Gasteiger partial charge on any atom is 0.333 e. The van der Waals surface area contributed by atoms with Crippen molar-refractivity contribution in [2.75, 3.05) is 26.1 Å². The number of ether oxygens (including phenoxy) is 3. The molecular weight excluding hydrogens is 228 g/mol. The van der Waals surface area contributed by atoms with Crippen LogP contribution in [0.25, 0.3) is 0 Å². The van der Waals surface area contributed by atoms with Gasteiger partial charge in [0.2, 0.25) is 0 Å². The Morgan fingerprint density at radius 1 is 1.62 bits per heavy atom. The lowest BCUT2D eigenvalue weighted by atomic mass is 10.1. The highest BCUT2D eigenvalue weighted by molar-refractivity contribution is 7.99. The largest absolute Gasteiger partial charge is 0.450 e. The minimum Gasteiger partial charge on any atom is -0.450 e. The average Bonchev–Trinajstić information content (AvgIpc) is 2.39. The monoisotopic (exact) mass is 246 g/mol. The minimum atomic E-state index is -0.758. The molecule has 1 fully saturated rings. The van der Waals surface area contributed by atoms with Crippen molar-refractivity contribution in [1.82, 2.24) is 0 Å². The Bertz CT molecular complexity index is 279. The summed E-state index contributed by atoms with van der Waals surface area (Å²) in [6, 6.07) is 0. The fraction of sp³-hybridized carbons (Fsp3) is 0.727. The Kier molecular flexibility index (Phi) is 4.83. The van der Waals surface area contributed by atoms with Gasteiger partial charge < -0.3 is 14.2 Å². The average molecular weight is 246 g/mol. The number of hydrogen-bond acceptors (Lipinski definition) is 5. The first-order chi connectivity index (χ1) is 7.49. The van der Waals surface area contributed by atoms with E-state index in [9.17, 15) is 4.79 Å². The quantitative estimate of drug-likeness (QED) is 0.559. The fourth-order valence-corrected chi connectivity index (χ4v) is 2.46. The van der Waals surface area contributed by atoms with Gasteiger partial charge in [0.1, 0.15) is 5.44 Å². The molecule has 1 aliphatic heterocycles. The highest BCUT2D eigenvalue weighted by Crippen LogP contribution is 2.31. The Morgan fingerprint density at radius 3 is 2.88 bits per heavy atom. The van der Waals surface area contributed by atoms with E-state index in [2.05, 4.69) is 6.58 Å². The lowest BCUT2D eigenvalue weighted by Crippen LogP contribution is -2.46. The third-order valence-corrected chi connectivity index (χ3v) is 3.67. The predicted molar refractivity (Wildman–Crippen MR) is 63.4 cm³/mol. The second kappa shape index (κ2) is 5.70. The zero-order valence-electron chi connectivity index (χ0n) is 9.95. The highest BCUT2D eigenvalue weighted by atomic mass is 32.2. The van der Waals surface area contributed by atoms with Gasteiger partial charge in [-0.15, -0.1) is 11.8 Å². The zero-order valence-corrected chi connectivity index (χ0v) is 10.8. The van der Waals surface area contributed by atoms with E-state index in [1.54, 1.807) is 25.8 Å². The smallest absolute Gasteiger partial charge is 0.333 e. The molecule has 0 aromatic rings. The normalized spacial score (nSPS) is 30.6. The van der Waals surface area contributed by atoms with Crippen LogP contribution in [-0.4, -0.2) is 43.1 Å². The van der Waals surface area contributed by atoms with Gasteiger partial charge in [-0.05, 0) is 13.8 Å². The first kappa shape index (κ1) is 13.5. The molecule has 2 atom stereocenters. The van der Waals surface area contributed by atoms with Gasteiger partial charge in [-0.1, -0.05) is 6.58 Å². The molecule has 1 heterocycles. The van der Waals surface area contributed by atoms with Crippen molar-refractivity contribution in [3.8, 4) is 0 Å². The standard InChI is InChI=1S/C11H18O4S/c1-8(2)9(12)15-11(3)7-14-5-6-16-10(11)13-4/h10H,1,5-7H2,2-4H3. The summed E-state index contributed by atoms with van der Waals surface area (Å²) < 4.78 is 16.2. The van der Waals surface area contributed by atoms with Crippen molar-refractivity contribution in [3.05, 3.63) is 12.2 Å². The third kappa shape index (κ3) is 3.23. The van der Waals surface area contributed by atoms with Crippen molar-refractivity contribution >= 4 is 17.7 Å². The third-order valence-electron chi connectivity index (χ3n) is 2.27. The van der Waals surface area contributed by atoms with Crippen LogP contribution in [0.2, 0.25) is 0 Å². The van der Waals surface area contributed by atoms with Gasteiger partial charge in [0.25, 0.3) is 0 Å². The minimum absolute atomic E-state index is 0.210. The number of hydrogen-bond donors (Lipinski definition) is 0. The second-order valence-electron chi connectivity index (χ2n) is 3.97. The maximum absolute atomic E-state index is 11.5. The van der Waals surface area contributed by atoms with E-state index in [1.165, 1.54) is 0 Å². The summed E-state index contributed by atoms with van der Waals surface area (Å²) in [4.78, 5) is 11.5. The Balaban J connectivity index is 2.76. The van der Waals surface area contributed by atoms with Crippen LogP contribution in [0.1, 0.15) is 13.8 Å². The molecule has 16 heavy (non-hydrogen) atoms. The molecule has 0 amide bonds. The predicted octanol–water partition coefficient (Wildman–Crippen LogP) is 1.60. The van der Waals surface area contributed by atoms with Gasteiger partial charge in [-0.25, -0.2) is 4.79 Å². The summed E-state index contributed by atoms with van der Waals surface area (Å²) in [5.74, 6) is 0.425. The molecule has 0 saturated carbocycles. The summed E-state index contributed by atoms with van der Waals surface area (Å²) in [6.07, 6.45) is 0. The van der Waals surface area contributed by atoms with Crippen LogP contribution >= 0.6 is 11.8 Å². The van der Waals surface area contributed by atoms with Crippen LogP contribution in [0, 0.1) is 0 Å². The van der Waals surface area contributed by atoms with E-state index < -0.39 is 11.6 Å². The van der Waals surface area contributed by atoms with Crippen molar-refractivity contribution in [1.29, 1.82) is 0 Å². The summed E-state index contributed by atoms with van der Waals surface area (Å²) in [7, 11) is 1.61. The molecule has 2 unspecified atom stereocenters. The van der Waals surface area contributed by atoms with E-state index in [0.29, 0.717) is 18.8 Å². The molecule has 4 nitrogen and oxygen atoms in total. The zero-order chi connectivity index (χ0) is 12.2. The van der Waals surface area contributed by atoms with Gasteiger partial charge >= 0.3 is 5.97 Å². The Morgan fingerprint density at radius 2 is 2.31 bits per heavy atom. The van der Waals surface area contributed by atoms with Gasteiger partial charge in [0.05, 0.1) is 13.2 Å². The molecule has 0 N–H and O–H groups in total. The van der Waals surface area contributed by atoms with Gasteiger partial charge in [-0.2, -0.15) is 0 Å². The van der Waals surface area contributed by atoms with Crippen molar-refractivity contribution < 1.29 is 19.0 Å². The van der Waals surface area contributed by atoms with Crippen LogP contribution in [0.4, 0.5) is 0 Å². The van der Waals surface area contributed by atoms with Crippen molar-refractivity contribution in [3.63, 3.8) is 0 Å². The molecule has 0 spiro atoms. The number of thioether (sulfide) groups is 1. The molecule has 0 aromatic carbocycles. The number of methoxy groups -OCH3 is 1. The molecule has 92 valence electrons.